The highest BCUT2D eigenvalue weighted by molar-refractivity contribution is 7.65. The maximum Gasteiger partial charge on any atom is 0.0228 e. The van der Waals surface area contributed by atoms with Crippen molar-refractivity contribution in [1.29, 1.82) is 0 Å². The zero-order chi connectivity index (χ0) is 25.4. The predicted octanol–water partition coefficient (Wildman–Crippen LogP) is 12.7. The van der Waals surface area contributed by atoms with Gasteiger partial charge in [-0.15, -0.1) is 0 Å². The summed E-state index contributed by atoms with van der Waals surface area (Å²) in [6, 6.07) is 0. The highest BCUT2D eigenvalue weighted by Gasteiger charge is 2.28. The maximum atomic E-state index is 2.67. The van der Waals surface area contributed by atoms with Crippen LogP contribution >= 0.6 is 15.8 Å². The molecule has 0 aromatic heterocycles. The van der Waals surface area contributed by atoms with Crippen molar-refractivity contribution in [3.8, 4) is 0 Å². The molecule has 0 bridgehead atoms. The van der Waals surface area contributed by atoms with E-state index in [-0.39, 0.29) is 15.8 Å². The summed E-state index contributed by atoms with van der Waals surface area (Å²) in [6.45, 7) is 9.37. The molecule has 35 heavy (non-hydrogen) atoms. The summed E-state index contributed by atoms with van der Waals surface area (Å²) in [7, 11) is 0.228. The summed E-state index contributed by atoms with van der Waals surface area (Å²) in [4.78, 5) is 0. The molecule has 0 aliphatic heterocycles. The van der Waals surface area contributed by atoms with Crippen LogP contribution in [-0.4, -0.2) is 30.3 Å². The lowest BCUT2D eigenvalue weighted by Crippen LogP contribution is -2.10. The third kappa shape index (κ3) is 16.7. The fourth-order valence-electron chi connectivity index (χ4n) is 5.47. The number of hydrogen-bond donors (Lipinski definition) is 0. The molecule has 1 atom stereocenters. The third-order valence-corrected chi connectivity index (χ3v) is 13.9. The largest absolute Gasteiger partial charge is 0.0950 e. The molecule has 1 aliphatic rings. The van der Waals surface area contributed by atoms with Gasteiger partial charge in [0.05, 0.1) is 0 Å². The van der Waals surface area contributed by atoms with Crippen molar-refractivity contribution in [1.82, 2.24) is 0 Å². The molecular weight excluding hydrogens is 458 g/mol. The molecule has 0 aromatic rings. The van der Waals surface area contributed by atoms with Gasteiger partial charge in [-0.1, -0.05) is 164 Å². The van der Waals surface area contributed by atoms with Crippen LogP contribution in [0.5, 0.6) is 0 Å². The number of unbranched alkanes of at least 4 members (excludes halogenated alkanes) is 16. The molecule has 0 aromatic carbocycles. The van der Waals surface area contributed by atoms with Crippen molar-refractivity contribution in [2.24, 2.45) is 0 Å². The van der Waals surface area contributed by atoms with E-state index in [2.05, 4.69) is 45.9 Å². The third-order valence-electron chi connectivity index (χ3n) is 7.78. The molecule has 1 rings (SSSR count). The Labute approximate surface area is 225 Å². The summed E-state index contributed by atoms with van der Waals surface area (Å²) in [5, 5.41) is 1.94. The summed E-state index contributed by atoms with van der Waals surface area (Å²) >= 11 is 0. The molecule has 0 amide bonds. The average Bonchev–Trinajstić information content (AvgIpc) is 3.35. The second-order valence-corrected chi connectivity index (χ2v) is 16.2. The van der Waals surface area contributed by atoms with E-state index in [9.17, 15) is 0 Å². The van der Waals surface area contributed by atoms with Crippen molar-refractivity contribution in [3.05, 3.63) is 23.5 Å². The Balaban J connectivity index is 2.74. The van der Waals surface area contributed by atoms with Crippen molar-refractivity contribution >= 4 is 15.8 Å². The molecule has 1 aliphatic carbocycles. The van der Waals surface area contributed by atoms with Gasteiger partial charge in [0, 0.05) is 5.66 Å². The van der Waals surface area contributed by atoms with Crippen molar-refractivity contribution in [2.45, 2.75) is 162 Å². The Hall–Kier alpha value is 0.340. The predicted molar refractivity (Wildman–Crippen MR) is 169 cm³/mol. The molecule has 0 nitrogen and oxygen atoms in total. The molecule has 0 fully saturated rings. The van der Waals surface area contributed by atoms with E-state index in [0.717, 1.165) is 5.66 Å². The average molecular weight is 523 g/mol. The number of hydrogen-bond acceptors (Lipinski definition) is 0. The van der Waals surface area contributed by atoms with Crippen LogP contribution in [-0.2, 0) is 0 Å². The monoisotopic (exact) mass is 522 g/mol. The van der Waals surface area contributed by atoms with Crippen LogP contribution in [0, 0.1) is 0 Å². The van der Waals surface area contributed by atoms with Crippen LogP contribution < -0.4 is 0 Å². The smallest absolute Gasteiger partial charge is 0.0228 e. The highest BCUT2D eigenvalue weighted by Crippen LogP contribution is 2.59. The van der Waals surface area contributed by atoms with Gasteiger partial charge in [0.25, 0.3) is 0 Å². The van der Waals surface area contributed by atoms with Gasteiger partial charge in [0.2, 0.25) is 0 Å². The van der Waals surface area contributed by atoms with Crippen LogP contribution in [0.2, 0.25) is 0 Å². The molecule has 0 saturated carbocycles. The SMILES string of the molecule is CCCCCCCP(CCCCCCC)C1=CC=CC1P(CCCCCCC)CCCCCCC. The van der Waals surface area contributed by atoms with E-state index in [1.807, 2.05) is 5.31 Å². The summed E-state index contributed by atoms with van der Waals surface area (Å²) in [5.74, 6) is 0. The molecule has 206 valence electrons. The first-order valence-electron chi connectivity index (χ1n) is 16.2. The summed E-state index contributed by atoms with van der Waals surface area (Å²) < 4.78 is 0. The van der Waals surface area contributed by atoms with E-state index in [1.54, 1.807) is 0 Å². The van der Waals surface area contributed by atoms with Crippen LogP contribution in [0.25, 0.3) is 0 Å². The van der Waals surface area contributed by atoms with Crippen LogP contribution in [0.4, 0.5) is 0 Å². The quantitative estimate of drug-likeness (QED) is 0.0782. The topological polar surface area (TPSA) is 0 Å². The molecule has 0 N–H and O–H groups in total. The zero-order valence-electron chi connectivity index (χ0n) is 24.7. The molecular formula is C33H64P2. The minimum atomic E-state index is 0.0908. The maximum absolute atomic E-state index is 2.67. The normalized spacial score (nSPS) is 15.6. The molecule has 0 radical (unpaired) electrons. The Kier molecular flexibility index (Phi) is 23.5. The van der Waals surface area contributed by atoms with Gasteiger partial charge < -0.3 is 0 Å². The van der Waals surface area contributed by atoms with Gasteiger partial charge >= 0.3 is 0 Å². The lowest BCUT2D eigenvalue weighted by Gasteiger charge is -2.31. The molecule has 2 heteroatoms. The molecule has 0 spiro atoms. The fourth-order valence-corrected chi connectivity index (χ4v) is 12.0. The van der Waals surface area contributed by atoms with Gasteiger partial charge in [-0.3, -0.25) is 0 Å². The standard InChI is InChI=1S/C33H64P2/c1-5-9-13-17-21-28-34(29-22-18-14-10-6-2)32-26-25-27-33(32)35(30-23-19-15-11-7-3)31-24-20-16-12-8-4/h25-27,32H,5-24,28-31H2,1-4H3. The van der Waals surface area contributed by atoms with Crippen molar-refractivity contribution < 1.29 is 0 Å². The van der Waals surface area contributed by atoms with E-state index in [4.69, 9.17) is 0 Å². The Morgan fingerprint density at radius 2 is 0.857 bits per heavy atom. The Morgan fingerprint density at radius 3 is 1.26 bits per heavy atom. The van der Waals surface area contributed by atoms with Gasteiger partial charge in [-0.05, 0) is 55.6 Å². The second kappa shape index (κ2) is 24.7. The minimum Gasteiger partial charge on any atom is -0.0950 e. The highest BCUT2D eigenvalue weighted by atomic mass is 31.1. The molecule has 1 unspecified atom stereocenters. The van der Waals surface area contributed by atoms with Gasteiger partial charge in [-0.2, -0.15) is 0 Å². The van der Waals surface area contributed by atoms with Crippen LogP contribution in [0.3, 0.4) is 0 Å². The number of rotatable bonds is 26. The first-order valence-corrected chi connectivity index (χ1v) is 19.6. The summed E-state index contributed by atoms with van der Waals surface area (Å²) in [6.07, 6.45) is 42.8. The Bertz CT molecular complexity index is 481. The van der Waals surface area contributed by atoms with Crippen LogP contribution in [0.1, 0.15) is 156 Å². The van der Waals surface area contributed by atoms with Crippen molar-refractivity contribution in [3.63, 3.8) is 0 Å². The fraction of sp³-hybridized carbons (Fsp3) is 0.879. The summed E-state index contributed by atoms with van der Waals surface area (Å²) in [5.41, 5.74) is 0.847. The molecule has 0 saturated heterocycles. The van der Waals surface area contributed by atoms with Crippen molar-refractivity contribution in [2.75, 3.05) is 24.6 Å². The number of allylic oxidation sites excluding steroid dienone is 4. The van der Waals surface area contributed by atoms with E-state index >= 15 is 0 Å². The zero-order valence-corrected chi connectivity index (χ0v) is 26.5. The van der Waals surface area contributed by atoms with Gasteiger partial charge in [0.1, 0.15) is 0 Å². The minimum absolute atomic E-state index is 0.0908. The van der Waals surface area contributed by atoms with E-state index in [1.165, 1.54) is 153 Å². The van der Waals surface area contributed by atoms with E-state index in [0.29, 0.717) is 0 Å². The first-order chi connectivity index (χ1) is 17.3. The second-order valence-electron chi connectivity index (χ2n) is 11.1. The lowest BCUT2D eigenvalue weighted by atomic mass is 10.2. The van der Waals surface area contributed by atoms with Gasteiger partial charge in [0.15, 0.2) is 0 Å². The molecule has 0 heterocycles. The van der Waals surface area contributed by atoms with Crippen LogP contribution in [0.15, 0.2) is 23.5 Å². The first kappa shape index (κ1) is 33.4. The van der Waals surface area contributed by atoms with E-state index < -0.39 is 0 Å². The Morgan fingerprint density at radius 1 is 0.486 bits per heavy atom. The van der Waals surface area contributed by atoms with Gasteiger partial charge in [-0.25, -0.2) is 0 Å². The lowest BCUT2D eigenvalue weighted by molar-refractivity contribution is 0.651.